The molecule has 0 aliphatic carbocycles. The molecular formula is C37H21NS2. The average Bonchev–Trinajstić information content (AvgIpc) is 3.59. The van der Waals surface area contributed by atoms with Crippen molar-refractivity contribution in [1.82, 2.24) is 0 Å². The number of hydrogen-bond donors (Lipinski definition) is 0. The fourth-order valence-corrected chi connectivity index (χ4v) is 8.41. The maximum atomic E-state index is 10.2. The van der Waals surface area contributed by atoms with Gasteiger partial charge in [0.25, 0.3) is 0 Å². The number of thiophene rings is 2. The van der Waals surface area contributed by atoms with Gasteiger partial charge in [-0.25, -0.2) is 0 Å². The van der Waals surface area contributed by atoms with Crippen LogP contribution in [0.15, 0.2) is 127 Å². The highest BCUT2D eigenvalue weighted by molar-refractivity contribution is 7.26. The third kappa shape index (κ3) is 3.44. The smallest absolute Gasteiger partial charge is 0.0998 e. The molecule has 0 saturated heterocycles. The Morgan fingerprint density at radius 2 is 0.975 bits per heavy atom. The number of fused-ring (bicyclic) bond motifs is 6. The Morgan fingerprint density at radius 3 is 1.82 bits per heavy atom. The van der Waals surface area contributed by atoms with Crippen LogP contribution in [0.25, 0.3) is 73.7 Å². The van der Waals surface area contributed by atoms with Crippen LogP contribution in [0.2, 0.25) is 0 Å². The van der Waals surface area contributed by atoms with Crippen molar-refractivity contribution < 1.29 is 0 Å². The van der Waals surface area contributed by atoms with E-state index in [2.05, 4.69) is 115 Å². The minimum absolute atomic E-state index is 0.682. The van der Waals surface area contributed by atoms with Crippen molar-refractivity contribution in [2.45, 2.75) is 0 Å². The maximum Gasteiger partial charge on any atom is 0.0998 e. The summed E-state index contributed by atoms with van der Waals surface area (Å²) in [5, 5.41) is 15.3. The molecule has 6 aromatic carbocycles. The standard InChI is InChI=1S/C37H21NS2/c38-22-23-10-1-2-11-24(23)35-26(27-16-9-21-34-36(27)31-13-4-6-20-33(31)39-34)14-7-15-28(35)30-18-8-17-29-25-12-3-5-19-32(25)40-37(29)30/h1-21H. The third-order valence-electron chi connectivity index (χ3n) is 7.77. The van der Waals surface area contributed by atoms with Gasteiger partial charge in [-0.05, 0) is 46.5 Å². The first-order chi connectivity index (χ1) is 19.8. The Kier molecular flexibility index (Phi) is 5.31. The number of nitrogens with zero attached hydrogens (tertiary/aromatic N) is 1. The lowest BCUT2D eigenvalue weighted by Crippen LogP contribution is -1.93. The second-order valence-electron chi connectivity index (χ2n) is 9.94. The molecule has 8 aromatic rings. The summed E-state index contributed by atoms with van der Waals surface area (Å²) in [5.74, 6) is 0. The molecule has 0 fully saturated rings. The minimum atomic E-state index is 0.682. The molecule has 0 N–H and O–H groups in total. The summed E-state index contributed by atoms with van der Waals surface area (Å²) in [5.41, 5.74) is 7.44. The molecule has 1 nitrogen and oxygen atoms in total. The summed E-state index contributed by atoms with van der Waals surface area (Å²) in [6.45, 7) is 0. The normalized spacial score (nSPS) is 11.5. The topological polar surface area (TPSA) is 23.8 Å². The minimum Gasteiger partial charge on any atom is -0.192 e. The van der Waals surface area contributed by atoms with Crippen LogP contribution in [-0.2, 0) is 0 Å². The van der Waals surface area contributed by atoms with Crippen LogP contribution in [-0.4, -0.2) is 0 Å². The van der Waals surface area contributed by atoms with Crippen molar-refractivity contribution in [2.24, 2.45) is 0 Å². The lowest BCUT2D eigenvalue weighted by molar-refractivity contribution is 1.48. The Balaban J connectivity index is 1.52. The second-order valence-corrected chi connectivity index (χ2v) is 12.1. The Bertz CT molecular complexity index is 2290. The molecule has 2 heterocycles. The van der Waals surface area contributed by atoms with Crippen molar-refractivity contribution in [3.05, 3.63) is 133 Å². The summed E-state index contributed by atoms with van der Waals surface area (Å²) in [7, 11) is 0. The van der Waals surface area contributed by atoms with Crippen LogP contribution in [0.5, 0.6) is 0 Å². The molecule has 8 rings (SSSR count). The molecule has 0 amide bonds. The zero-order chi connectivity index (χ0) is 26.6. The number of benzene rings is 6. The first-order valence-electron chi connectivity index (χ1n) is 13.3. The number of nitriles is 1. The Hall–Kier alpha value is -4.75. The van der Waals surface area contributed by atoms with Crippen LogP contribution in [0.4, 0.5) is 0 Å². The van der Waals surface area contributed by atoms with Crippen molar-refractivity contribution in [3.8, 4) is 39.4 Å². The SMILES string of the molecule is N#Cc1ccccc1-c1c(-c2cccc3c2sc2ccccc23)cccc1-c1cccc2sc3ccccc3c12. The van der Waals surface area contributed by atoms with Gasteiger partial charge >= 0.3 is 0 Å². The molecule has 40 heavy (non-hydrogen) atoms. The largest absolute Gasteiger partial charge is 0.192 e. The highest BCUT2D eigenvalue weighted by Gasteiger charge is 2.21. The molecule has 0 radical (unpaired) electrons. The molecule has 2 aromatic heterocycles. The van der Waals surface area contributed by atoms with Gasteiger partial charge < -0.3 is 0 Å². The molecule has 0 aliphatic heterocycles. The van der Waals surface area contributed by atoms with Gasteiger partial charge in [0.05, 0.1) is 11.6 Å². The number of rotatable bonds is 3. The molecule has 0 bridgehead atoms. The van der Waals surface area contributed by atoms with E-state index in [1.54, 1.807) is 0 Å². The molecular weight excluding hydrogens is 523 g/mol. The predicted molar refractivity (Wildman–Crippen MR) is 173 cm³/mol. The van der Waals surface area contributed by atoms with Crippen molar-refractivity contribution in [3.63, 3.8) is 0 Å². The van der Waals surface area contributed by atoms with Crippen LogP contribution in [0, 0.1) is 11.3 Å². The van der Waals surface area contributed by atoms with Gasteiger partial charge in [0.1, 0.15) is 0 Å². The summed E-state index contributed by atoms with van der Waals surface area (Å²) in [6.07, 6.45) is 0. The molecule has 186 valence electrons. The fraction of sp³-hybridized carbons (Fsp3) is 0. The lowest BCUT2D eigenvalue weighted by atomic mass is 9.84. The predicted octanol–water partition coefficient (Wildman–Crippen LogP) is 11.3. The van der Waals surface area contributed by atoms with E-state index in [-0.39, 0.29) is 0 Å². The van der Waals surface area contributed by atoms with Crippen LogP contribution >= 0.6 is 22.7 Å². The van der Waals surface area contributed by atoms with Gasteiger partial charge in [0, 0.05) is 51.5 Å². The highest BCUT2D eigenvalue weighted by atomic mass is 32.1. The van der Waals surface area contributed by atoms with Crippen molar-refractivity contribution >= 4 is 63.0 Å². The van der Waals surface area contributed by atoms with Gasteiger partial charge in [-0.2, -0.15) is 5.26 Å². The van der Waals surface area contributed by atoms with E-state index >= 15 is 0 Å². The highest BCUT2D eigenvalue weighted by Crippen LogP contribution is 2.48. The molecule has 0 saturated carbocycles. The molecule has 0 atom stereocenters. The molecule has 0 unspecified atom stereocenters. The Morgan fingerprint density at radius 1 is 0.425 bits per heavy atom. The van der Waals surface area contributed by atoms with Crippen LogP contribution in [0.3, 0.4) is 0 Å². The zero-order valence-corrected chi connectivity index (χ0v) is 23.0. The van der Waals surface area contributed by atoms with E-state index in [1.165, 1.54) is 51.5 Å². The number of hydrogen-bond acceptors (Lipinski definition) is 3. The monoisotopic (exact) mass is 543 g/mol. The van der Waals surface area contributed by atoms with E-state index in [1.807, 2.05) is 40.9 Å². The van der Waals surface area contributed by atoms with Gasteiger partial charge in [0.15, 0.2) is 0 Å². The van der Waals surface area contributed by atoms with E-state index < -0.39 is 0 Å². The van der Waals surface area contributed by atoms with E-state index in [4.69, 9.17) is 0 Å². The zero-order valence-electron chi connectivity index (χ0n) is 21.4. The third-order valence-corrected chi connectivity index (χ3v) is 10.1. The summed E-state index contributed by atoms with van der Waals surface area (Å²) in [4.78, 5) is 0. The quantitative estimate of drug-likeness (QED) is 0.217. The van der Waals surface area contributed by atoms with Crippen molar-refractivity contribution in [2.75, 3.05) is 0 Å². The summed E-state index contributed by atoms with van der Waals surface area (Å²) < 4.78 is 5.12. The molecule has 3 heteroatoms. The van der Waals surface area contributed by atoms with Gasteiger partial charge in [0.2, 0.25) is 0 Å². The van der Waals surface area contributed by atoms with Crippen molar-refractivity contribution in [1.29, 1.82) is 5.26 Å². The van der Waals surface area contributed by atoms with Gasteiger partial charge in [-0.15, -0.1) is 22.7 Å². The average molecular weight is 544 g/mol. The maximum absolute atomic E-state index is 10.2. The molecule has 0 aliphatic rings. The lowest BCUT2D eigenvalue weighted by Gasteiger charge is -2.18. The first kappa shape index (κ1) is 23.2. The Labute approximate surface area is 239 Å². The summed E-state index contributed by atoms with van der Waals surface area (Å²) in [6, 6.07) is 47.6. The van der Waals surface area contributed by atoms with E-state index in [0.29, 0.717) is 5.56 Å². The van der Waals surface area contributed by atoms with E-state index in [0.717, 1.165) is 22.3 Å². The van der Waals surface area contributed by atoms with Gasteiger partial charge in [-0.3, -0.25) is 0 Å². The first-order valence-corrected chi connectivity index (χ1v) is 14.9. The molecule has 0 spiro atoms. The second kappa shape index (κ2) is 9.17. The van der Waals surface area contributed by atoms with Crippen LogP contribution in [0.1, 0.15) is 5.56 Å². The van der Waals surface area contributed by atoms with Crippen LogP contribution < -0.4 is 0 Å². The fourth-order valence-electron chi connectivity index (χ4n) is 6.05. The van der Waals surface area contributed by atoms with E-state index in [9.17, 15) is 5.26 Å². The van der Waals surface area contributed by atoms with Gasteiger partial charge in [-0.1, -0.05) is 103 Å². The summed E-state index contributed by atoms with van der Waals surface area (Å²) >= 11 is 3.68.